The van der Waals surface area contributed by atoms with E-state index < -0.39 is 5.92 Å². The SMILES string of the molecule is COc1ccc([C@H]2C(C#N)=C(N)Oc3cc(C)n(C[C@H]4CCCO4)c(=O)c32)cc1. The summed E-state index contributed by atoms with van der Waals surface area (Å²) in [6.07, 6.45) is 1.95. The fourth-order valence-corrected chi connectivity index (χ4v) is 4.03. The molecule has 0 radical (unpaired) electrons. The van der Waals surface area contributed by atoms with Crippen LogP contribution in [0.25, 0.3) is 0 Å². The Kier molecular flexibility index (Phi) is 5.03. The molecular weight excluding hydrogens is 370 g/mol. The average Bonchev–Trinajstić information content (AvgIpc) is 3.23. The Morgan fingerprint density at radius 1 is 1.34 bits per heavy atom. The third kappa shape index (κ3) is 3.36. The molecule has 1 aromatic carbocycles. The number of allylic oxidation sites excluding steroid dienone is 1. The van der Waals surface area contributed by atoms with Crippen LogP contribution in [0.3, 0.4) is 0 Å². The van der Waals surface area contributed by atoms with Gasteiger partial charge in [-0.2, -0.15) is 5.26 Å². The van der Waals surface area contributed by atoms with E-state index in [0.717, 1.165) is 30.7 Å². The van der Waals surface area contributed by atoms with Crippen LogP contribution in [0.15, 0.2) is 46.6 Å². The molecule has 150 valence electrons. The molecule has 1 aromatic heterocycles. The van der Waals surface area contributed by atoms with Gasteiger partial charge in [0, 0.05) is 18.4 Å². The van der Waals surface area contributed by atoms with Crippen molar-refractivity contribution in [3.8, 4) is 17.6 Å². The summed E-state index contributed by atoms with van der Waals surface area (Å²) in [5, 5.41) is 9.74. The van der Waals surface area contributed by atoms with Gasteiger partial charge in [-0.15, -0.1) is 0 Å². The van der Waals surface area contributed by atoms with Crippen LogP contribution in [-0.4, -0.2) is 24.4 Å². The molecule has 0 spiro atoms. The molecule has 29 heavy (non-hydrogen) atoms. The molecule has 0 aliphatic carbocycles. The van der Waals surface area contributed by atoms with E-state index in [9.17, 15) is 10.1 Å². The molecule has 0 unspecified atom stereocenters. The first-order valence-electron chi connectivity index (χ1n) is 9.61. The van der Waals surface area contributed by atoms with Crippen LogP contribution < -0.4 is 20.8 Å². The number of rotatable bonds is 4. The van der Waals surface area contributed by atoms with Gasteiger partial charge in [-0.25, -0.2) is 0 Å². The summed E-state index contributed by atoms with van der Waals surface area (Å²) in [6, 6.07) is 11.2. The molecule has 2 atom stereocenters. The van der Waals surface area contributed by atoms with E-state index in [2.05, 4.69) is 6.07 Å². The highest BCUT2D eigenvalue weighted by molar-refractivity contribution is 5.55. The summed E-state index contributed by atoms with van der Waals surface area (Å²) in [4.78, 5) is 13.5. The molecule has 2 aliphatic rings. The lowest BCUT2D eigenvalue weighted by Gasteiger charge is -2.28. The first-order valence-corrected chi connectivity index (χ1v) is 9.61. The number of nitrogens with two attached hydrogens (primary N) is 1. The lowest BCUT2D eigenvalue weighted by molar-refractivity contribution is 0.0955. The van der Waals surface area contributed by atoms with Crippen molar-refractivity contribution >= 4 is 0 Å². The van der Waals surface area contributed by atoms with E-state index in [4.69, 9.17) is 19.9 Å². The number of ether oxygens (including phenoxy) is 3. The van der Waals surface area contributed by atoms with E-state index in [1.165, 1.54) is 0 Å². The second-order valence-corrected chi connectivity index (χ2v) is 7.31. The van der Waals surface area contributed by atoms with Crippen LogP contribution in [0.5, 0.6) is 11.5 Å². The smallest absolute Gasteiger partial charge is 0.258 e. The fraction of sp³-hybridized carbons (Fsp3) is 0.364. The predicted molar refractivity (Wildman–Crippen MR) is 107 cm³/mol. The van der Waals surface area contributed by atoms with Crippen LogP contribution in [-0.2, 0) is 11.3 Å². The summed E-state index contributed by atoms with van der Waals surface area (Å²) >= 11 is 0. The first-order chi connectivity index (χ1) is 14.0. The number of pyridine rings is 1. The van der Waals surface area contributed by atoms with Crippen molar-refractivity contribution in [2.24, 2.45) is 5.73 Å². The molecule has 0 bridgehead atoms. The van der Waals surface area contributed by atoms with Gasteiger partial charge >= 0.3 is 0 Å². The van der Waals surface area contributed by atoms with E-state index in [-0.39, 0.29) is 23.1 Å². The van der Waals surface area contributed by atoms with Gasteiger partial charge in [0.15, 0.2) is 0 Å². The zero-order chi connectivity index (χ0) is 20.5. The minimum atomic E-state index is -0.599. The van der Waals surface area contributed by atoms with Crippen molar-refractivity contribution in [1.82, 2.24) is 4.57 Å². The highest BCUT2D eigenvalue weighted by atomic mass is 16.5. The van der Waals surface area contributed by atoms with Gasteiger partial charge in [-0.3, -0.25) is 4.79 Å². The van der Waals surface area contributed by atoms with Crippen LogP contribution in [0.4, 0.5) is 0 Å². The topological polar surface area (TPSA) is 99.5 Å². The number of hydrogen-bond acceptors (Lipinski definition) is 6. The molecule has 7 heteroatoms. The molecule has 2 aromatic rings. The molecule has 2 N–H and O–H groups in total. The van der Waals surface area contributed by atoms with Gasteiger partial charge in [0.25, 0.3) is 5.56 Å². The lowest BCUT2D eigenvalue weighted by Crippen LogP contribution is -2.35. The summed E-state index contributed by atoms with van der Waals surface area (Å²) in [7, 11) is 1.59. The molecule has 1 saturated heterocycles. The fourth-order valence-electron chi connectivity index (χ4n) is 4.03. The monoisotopic (exact) mass is 393 g/mol. The average molecular weight is 393 g/mol. The Morgan fingerprint density at radius 3 is 2.72 bits per heavy atom. The normalized spacial score (nSPS) is 20.7. The quantitative estimate of drug-likeness (QED) is 0.857. The van der Waals surface area contributed by atoms with Crippen LogP contribution in [0.1, 0.15) is 35.6 Å². The number of hydrogen-bond donors (Lipinski definition) is 1. The molecular formula is C22H23N3O4. The predicted octanol–water partition coefficient (Wildman–Crippen LogP) is 2.56. The van der Waals surface area contributed by atoms with E-state index in [0.29, 0.717) is 23.6 Å². The molecule has 2 aliphatic heterocycles. The zero-order valence-corrected chi connectivity index (χ0v) is 16.5. The largest absolute Gasteiger partial charge is 0.497 e. The molecule has 0 saturated carbocycles. The van der Waals surface area contributed by atoms with Gasteiger partial charge in [-0.05, 0) is 37.5 Å². The standard InChI is InChI=1S/C22H23N3O4/c1-13-10-18-20(22(26)25(13)12-16-4-3-9-28-16)19(17(11-23)21(24)29-18)14-5-7-15(27-2)8-6-14/h5-8,10,16,19H,3-4,9,12,24H2,1-2H3/t16-,19+/m1/s1. The third-order valence-electron chi connectivity index (χ3n) is 5.55. The van der Waals surface area contributed by atoms with Crippen LogP contribution in [0, 0.1) is 18.3 Å². The summed E-state index contributed by atoms with van der Waals surface area (Å²) in [5.41, 5.74) is 8.05. The van der Waals surface area contributed by atoms with Crippen molar-refractivity contribution in [1.29, 1.82) is 5.26 Å². The van der Waals surface area contributed by atoms with E-state index in [1.54, 1.807) is 23.8 Å². The highest BCUT2D eigenvalue weighted by Crippen LogP contribution is 2.40. The maximum Gasteiger partial charge on any atom is 0.258 e. The van der Waals surface area contributed by atoms with Crippen LogP contribution >= 0.6 is 0 Å². The highest BCUT2D eigenvalue weighted by Gasteiger charge is 2.34. The van der Waals surface area contributed by atoms with Gasteiger partial charge in [0.1, 0.15) is 23.1 Å². The Hall–Kier alpha value is -3.24. The second kappa shape index (κ2) is 7.64. The summed E-state index contributed by atoms with van der Waals surface area (Å²) in [6.45, 7) is 3.06. The first kappa shape index (κ1) is 19.1. The number of fused-ring (bicyclic) bond motifs is 1. The number of nitriles is 1. The zero-order valence-electron chi connectivity index (χ0n) is 16.5. The lowest BCUT2D eigenvalue weighted by atomic mass is 9.84. The van der Waals surface area contributed by atoms with Gasteiger partial charge in [-0.1, -0.05) is 12.1 Å². The van der Waals surface area contributed by atoms with Crippen molar-refractivity contribution in [2.45, 2.75) is 38.3 Å². The van der Waals surface area contributed by atoms with Crippen molar-refractivity contribution in [2.75, 3.05) is 13.7 Å². The Labute approximate surface area is 168 Å². The molecule has 0 amide bonds. The summed E-state index contributed by atoms with van der Waals surface area (Å²) < 4.78 is 18.3. The molecule has 4 rings (SSSR count). The number of aryl methyl sites for hydroxylation is 1. The van der Waals surface area contributed by atoms with E-state index >= 15 is 0 Å². The molecule has 3 heterocycles. The maximum absolute atomic E-state index is 13.5. The minimum Gasteiger partial charge on any atom is -0.497 e. The Bertz CT molecular complexity index is 1060. The van der Waals surface area contributed by atoms with Gasteiger partial charge in [0.2, 0.25) is 5.88 Å². The Balaban J connectivity index is 1.87. The molecule has 7 nitrogen and oxygen atoms in total. The second-order valence-electron chi connectivity index (χ2n) is 7.31. The summed E-state index contributed by atoms with van der Waals surface area (Å²) in [5.74, 6) is 0.514. The number of methoxy groups -OCH3 is 1. The maximum atomic E-state index is 13.5. The van der Waals surface area contributed by atoms with Crippen molar-refractivity contribution in [3.05, 3.63) is 69.0 Å². The van der Waals surface area contributed by atoms with E-state index in [1.807, 2.05) is 25.1 Å². The number of aromatic nitrogens is 1. The minimum absolute atomic E-state index is 0.0180. The number of benzene rings is 1. The van der Waals surface area contributed by atoms with Crippen LogP contribution in [0.2, 0.25) is 0 Å². The van der Waals surface area contributed by atoms with Crippen molar-refractivity contribution < 1.29 is 14.2 Å². The molecule has 1 fully saturated rings. The van der Waals surface area contributed by atoms with Gasteiger partial charge < -0.3 is 24.5 Å². The third-order valence-corrected chi connectivity index (χ3v) is 5.55. The van der Waals surface area contributed by atoms with Gasteiger partial charge in [0.05, 0.1) is 31.2 Å². The van der Waals surface area contributed by atoms with Crippen molar-refractivity contribution in [3.63, 3.8) is 0 Å². The number of nitrogens with zero attached hydrogens (tertiary/aromatic N) is 2. The Morgan fingerprint density at radius 2 is 2.10 bits per heavy atom.